The Hall–Kier alpha value is -1.52. The van der Waals surface area contributed by atoms with Crippen molar-refractivity contribution in [3.8, 4) is 0 Å². The number of aliphatic imine (C=N–C) groups is 1. The van der Waals surface area contributed by atoms with E-state index < -0.39 is 0 Å². The van der Waals surface area contributed by atoms with Gasteiger partial charge >= 0.3 is 0 Å². The summed E-state index contributed by atoms with van der Waals surface area (Å²) in [5.41, 5.74) is 0. The van der Waals surface area contributed by atoms with Crippen molar-refractivity contribution in [1.82, 2.24) is 19.8 Å². The zero-order valence-corrected chi connectivity index (χ0v) is 13.7. The van der Waals surface area contributed by atoms with Gasteiger partial charge in [-0.3, -0.25) is 4.99 Å². The van der Waals surface area contributed by atoms with Crippen LogP contribution < -0.4 is 5.32 Å². The number of rotatable bonds is 5. The second-order valence-electron chi connectivity index (χ2n) is 6.60. The molecule has 1 aromatic heterocycles. The monoisotopic (exact) mass is 303 g/mol. The highest BCUT2D eigenvalue weighted by molar-refractivity contribution is 5.80. The van der Waals surface area contributed by atoms with Gasteiger partial charge in [-0.2, -0.15) is 0 Å². The van der Waals surface area contributed by atoms with Crippen LogP contribution in [0.5, 0.6) is 0 Å². The molecule has 1 saturated carbocycles. The van der Waals surface area contributed by atoms with Gasteiger partial charge in [0.1, 0.15) is 0 Å². The minimum Gasteiger partial charge on any atom is -0.357 e. The van der Waals surface area contributed by atoms with E-state index in [1.54, 1.807) is 0 Å². The lowest BCUT2D eigenvalue weighted by Crippen LogP contribution is -2.40. The molecular formula is C17H29N5. The van der Waals surface area contributed by atoms with E-state index in [1.807, 2.05) is 18.7 Å². The molecule has 1 aromatic rings. The standard InChI is InChI=1S/C17H29N5/c1-2-19-17(20-8-5-10-21-11-9-18-14-21)22-12-15-6-3-4-7-16(15)13-22/h9,11,14-16H,2-8,10,12-13H2,1H3,(H,19,20). The third-order valence-corrected chi connectivity index (χ3v) is 5.01. The van der Waals surface area contributed by atoms with E-state index in [0.29, 0.717) is 0 Å². The van der Waals surface area contributed by atoms with E-state index in [9.17, 15) is 0 Å². The molecule has 1 N–H and O–H groups in total. The molecule has 22 heavy (non-hydrogen) atoms. The fourth-order valence-corrected chi connectivity index (χ4v) is 3.86. The minimum absolute atomic E-state index is 0.881. The van der Waals surface area contributed by atoms with Gasteiger partial charge in [0.2, 0.25) is 0 Å². The zero-order valence-electron chi connectivity index (χ0n) is 13.7. The van der Waals surface area contributed by atoms with Crippen LogP contribution in [0.3, 0.4) is 0 Å². The van der Waals surface area contributed by atoms with E-state index in [0.717, 1.165) is 43.9 Å². The second-order valence-corrected chi connectivity index (χ2v) is 6.60. The molecule has 2 atom stereocenters. The molecule has 5 heteroatoms. The van der Waals surface area contributed by atoms with Crippen molar-refractivity contribution < 1.29 is 0 Å². The first kappa shape index (κ1) is 15.4. The number of nitrogens with one attached hydrogen (secondary N) is 1. The summed E-state index contributed by atoms with van der Waals surface area (Å²) in [4.78, 5) is 11.4. The average Bonchev–Trinajstić information content (AvgIpc) is 3.19. The van der Waals surface area contributed by atoms with E-state index in [-0.39, 0.29) is 0 Å². The molecule has 2 fully saturated rings. The first-order valence-electron chi connectivity index (χ1n) is 8.86. The first-order chi connectivity index (χ1) is 10.9. The number of likely N-dealkylation sites (tertiary alicyclic amines) is 1. The first-order valence-corrected chi connectivity index (χ1v) is 8.86. The molecule has 0 radical (unpaired) electrons. The summed E-state index contributed by atoms with van der Waals surface area (Å²) in [6.07, 6.45) is 12.5. The molecule has 0 bridgehead atoms. The van der Waals surface area contributed by atoms with Crippen molar-refractivity contribution in [2.45, 2.75) is 45.6 Å². The molecule has 0 aromatic carbocycles. The summed E-state index contributed by atoms with van der Waals surface area (Å²) in [7, 11) is 0. The predicted octanol–water partition coefficient (Wildman–Crippen LogP) is 2.36. The van der Waals surface area contributed by atoms with Crippen molar-refractivity contribution in [3.05, 3.63) is 18.7 Å². The largest absolute Gasteiger partial charge is 0.357 e. The Morgan fingerprint density at radius 2 is 2.05 bits per heavy atom. The number of hydrogen-bond donors (Lipinski definition) is 1. The zero-order chi connectivity index (χ0) is 15.2. The summed E-state index contributed by atoms with van der Waals surface area (Å²) in [6.45, 7) is 7.40. The van der Waals surface area contributed by atoms with Crippen LogP contribution in [0, 0.1) is 11.8 Å². The fourth-order valence-electron chi connectivity index (χ4n) is 3.86. The Bertz CT molecular complexity index is 453. The van der Waals surface area contributed by atoms with Gasteiger partial charge in [-0.25, -0.2) is 4.98 Å². The molecular weight excluding hydrogens is 274 g/mol. The molecule has 5 nitrogen and oxygen atoms in total. The third-order valence-electron chi connectivity index (χ3n) is 5.01. The smallest absolute Gasteiger partial charge is 0.193 e. The summed E-state index contributed by atoms with van der Waals surface area (Å²) >= 11 is 0. The number of imidazole rings is 1. The van der Waals surface area contributed by atoms with Gasteiger partial charge in [0.25, 0.3) is 0 Å². The normalized spacial score (nSPS) is 25.3. The van der Waals surface area contributed by atoms with Crippen LogP contribution in [-0.2, 0) is 6.54 Å². The van der Waals surface area contributed by atoms with Crippen LogP contribution in [0.25, 0.3) is 0 Å². The number of fused-ring (bicyclic) bond motifs is 1. The molecule has 2 heterocycles. The third kappa shape index (κ3) is 3.81. The lowest BCUT2D eigenvalue weighted by Gasteiger charge is -2.22. The number of guanidine groups is 1. The number of aryl methyl sites for hydroxylation is 1. The Morgan fingerprint density at radius 3 is 2.68 bits per heavy atom. The molecule has 1 aliphatic heterocycles. The number of nitrogens with zero attached hydrogens (tertiary/aromatic N) is 4. The summed E-state index contributed by atoms with van der Waals surface area (Å²) in [5.74, 6) is 2.94. The van der Waals surface area contributed by atoms with E-state index in [1.165, 1.54) is 38.8 Å². The topological polar surface area (TPSA) is 45.5 Å². The van der Waals surface area contributed by atoms with Gasteiger partial charge in [-0.1, -0.05) is 12.8 Å². The van der Waals surface area contributed by atoms with Gasteiger partial charge in [0.05, 0.1) is 6.33 Å². The van der Waals surface area contributed by atoms with Crippen LogP contribution in [-0.4, -0.2) is 46.6 Å². The van der Waals surface area contributed by atoms with Crippen LogP contribution in [0.15, 0.2) is 23.7 Å². The van der Waals surface area contributed by atoms with Gasteiger partial charge in [-0.15, -0.1) is 0 Å². The minimum atomic E-state index is 0.881. The van der Waals surface area contributed by atoms with Gasteiger partial charge in [0.15, 0.2) is 5.96 Å². The summed E-state index contributed by atoms with van der Waals surface area (Å²) < 4.78 is 2.12. The van der Waals surface area contributed by atoms with Crippen molar-refractivity contribution in [2.75, 3.05) is 26.2 Å². The average molecular weight is 303 g/mol. The molecule has 2 aliphatic rings. The predicted molar refractivity (Wildman–Crippen MR) is 89.8 cm³/mol. The van der Waals surface area contributed by atoms with Crippen LogP contribution in [0.1, 0.15) is 39.0 Å². The van der Waals surface area contributed by atoms with Crippen molar-refractivity contribution in [1.29, 1.82) is 0 Å². The molecule has 0 amide bonds. The molecule has 1 saturated heterocycles. The van der Waals surface area contributed by atoms with E-state index in [2.05, 4.69) is 26.7 Å². The fraction of sp³-hybridized carbons (Fsp3) is 0.765. The maximum atomic E-state index is 4.85. The highest BCUT2D eigenvalue weighted by atomic mass is 15.3. The SMILES string of the molecule is CCNC(=NCCCn1ccnc1)N1CC2CCCCC2C1. The Labute approximate surface area is 133 Å². The lowest BCUT2D eigenvalue weighted by molar-refractivity contribution is 0.299. The summed E-state index contributed by atoms with van der Waals surface area (Å²) in [6, 6.07) is 0. The van der Waals surface area contributed by atoms with Crippen LogP contribution in [0.4, 0.5) is 0 Å². The quantitative estimate of drug-likeness (QED) is 0.516. The van der Waals surface area contributed by atoms with Crippen LogP contribution in [0.2, 0.25) is 0 Å². The van der Waals surface area contributed by atoms with E-state index in [4.69, 9.17) is 4.99 Å². The van der Waals surface area contributed by atoms with Gasteiger partial charge in [0, 0.05) is 45.1 Å². The van der Waals surface area contributed by atoms with E-state index >= 15 is 0 Å². The number of hydrogen-bond acceptors (Lipinski definition) is 2. The molecule has 2 unspecified atom stereocenters. The highest BCUT2D eigenvalue weighted by Gasteiger charge is 2.35. The number of aromatic nitrogens is 2. The molecule has 0 spiro atoms. The van der Waals surface area contributed by atoms with Crippen molar-refractivity contribution >= 4 is 5.96 Å². The Kier molecular flexibility index (Phi) is 5.35. The lowest BCUT2D eigenvalue weighted by atomic mass is 9.82. The molecule has 122 valence electrons. The molecule has 3 rings (SSSR count). The van der Waals surface area contributed by atoms with Gasteiger partial charge < -0.3 is 14.8 Å². The van der Waals surface area contributed by atoms with Crippen LogP contribution >= 0.6 is 0 Å². The maximum absolute atomic E-state index is 4.85. The second kappa shape index (κ2) is 7.65. The van der Waals surface area contributed by atoms with Crippen molar-refractivity contribution in [3.63, 3.8) is 0 Å². The Balaban J connectivity index is 1.51. The van der Waals surface area contributed by atoms with Gasteiger partial charge in [-0.05, 0) is 38.0 Å². The maximum Gasteiger partial charge on any atom is 0.193 e. The summed E-state index contributed by atoms with van der Waals surface area (Å²) in [5, 5.41) is 3.48. The highest BCUT2D eigenvalue weighted by Crippen LogP contribution is 2.35. The Morgan fingerprint density at radius 1 is 1.27 bits per heavy atom. The molecule has 1 aliphatic carbocycles. The van der Waals surface area contributed by atoms with Crippen molar-refractivity contribution in [2.24, 2.45) is 16.8 Å².